The first kappa shape index (κ1) is 26.2. The summed E-state index contributed by atoms with van der Waals surface area (Å²) in [7, 11) is -5.85. The number of rotatable bonds is 7. The highest BCUT2D eigenvalue weighted by molar-refractivity contribution is 7.92. The maximum atomic E-state index is 12.9. The molecule has 10 heteroatoms. The first-order valence-electron chi connectivity index (χ1n) is 11.1. The molecule has 1 saturated heterocycles. The van der Waals surface area contributed by atoms with Crippen LogP contribution < -0.4 is 9.46 Å². The van der Waals surface area contributed by atoms with Crippen molar-refractivity contribution in [2.75, 3.05) is 26.7 Å². The van der Waals surface area contributed by atoms with Gasteiger partial charge in [-0.15, -0.1) is 0 Å². The molecule has 0 spiro atoms. The third-order valence-electron chi connectivity index (χ3n) is 6.07. The molecule has 3 rings (SSSR count). The highest BCUT2D eigenvalue weighted by Gasteiger charge is 2.33. The van der Waals surface area contributed by atoms with Gasteiger partial charge in [0.2, 0.25) is 15.9 Å². The quantitative estimate of drug-likeness (QED) is 0.616. The van der Waals surface area contributed by atoms with E-state index in [-0.39, 0.29) is 40.7 Å². The van der Waals surface area contributed by atoms with Crippen molar-refractivity contribution in [1.29, 1.82) is 0 Å². The second-order valence-electron chi connectivity index (χ2n) is 9.40. The number of likely N-dealkylation sites (tertiary alicyclic amines) is 1. The van der Waals surface area contributed by atoms with Crippen LogP contribution in [0.3, 0.4) is 0 Å². The largest absolute Gasteiger partial charge is 0.497 e. The first-order chi connectivity index (χ1) is 15.8. The van der Waals surface area contributed by atoms with Gasteiger partial charge in [0.1, 0.15) is 5.75 Å². The van der Waals surface area contributed by atoms with Crippen molar-refractivity contribution in [2.45, 2.75) is 54.1 Å². The summed E-state index contributed by atoms with van der Waals surface area (Å²) < 4.78 is 58.5. The maximum absolute atomic E-state index is 12.9. The van der Waals surface area contributed by atoms with Crippen LogP contribution in [-0.4, -0.2) is 59.6 Å². The molecule has 0 bridgehead atoms. The number of sulfonamides is 1. The fraction of sp³-hybridized carbons (Fsp3) is 0.458. The number of piperidine rings is 1. The van der Waals surface area contributed by atoms with Crippen molar-refractivity contribution in [1.82, 2.24) is 9.62 Å². The molecule has 34 heavy (non-hydrogen) atoms. The lowest BCUT2D eigenvalue weighted by Gasteiger charge is -2.31. The molecule has 1 N–H and O–H groups in total. The molecule has 0 aliphatic carbocycles. The van der Waals surface area contributed by atoms with Gasteiger partial charge in [0.05, 0.1) is 28.7 Å². The Balaban J connectivity index is 1.56. The van der Waals surface area contributed by atoms with Gasteiger partial charge in [-0.1, -0.05) is 32.9 Å². The van der Waals surface area contributed by atoms with E-state index in [9.17, 15) is 21.6 Å². The Morgan fingerprint density at radius 2 is 1.47 bits per heavy atom. The molecule has 0 atom stereocenters. The van der Waals surface area contributed by atoms with Crippen LogP contribution in [0.2, 0.25) is 0 Å². The van der Waals surface area contributed by atoms with Crippen LogP contribution in [0.5, 0.6) is 5.75 Å². The van der Waals surface area contributed by atoms with E-state index in [0.29, 0.717) is 18.6 Å². The molecule has 0 radical (unpaired) electrons. The third kappa shape index (κ3) is 5.97. The second kappa shape index (κ2) is 10.1. The summed E-state index contributed by atoms with van der Waals surface area (Å²) in [6.07, 6.45) is 0.586. The van der Waals surface area contributed by atoms with Crippen molar-refractivity contribution in [3.63, 3.8) is 0 Å². The lowest BCUT2D eigenvalue weighted by molar-refractivity contribution is -0.130. The van der Waals surface area contributed by atoms with E-state index in [1.807, 2.05) is 20.8 Å². The second-order valence-corrected chi connectivity index (χ2v) is 13.4. The van der Waals surface area contributed by atoms with Gasteiger partial charge in [0.15, 0.2) is 9.84 Å². The molecular weight excluding hydrogens is 476 g/mol. The molecule has 1 aliphatic rings. The number of nitrogens with one attached hydrogen (secondary N) is 1. The van der Waals surface area contributed by atoms with Crippen molar-refractivity contribution in [3.8, 4) is 5.75 Å². The van der Waals surface area contributed by atoms with Gasteiger partial charge < -0.3 is 9.64 Å². The molecule has 0 aromatic heterocycles. The topological polar surface area (TPSA) is 110 Å². The zero-order valence-corrected chi connectivity index (χ0v) is 21.6. The van der Waals surface area contributed by atoms with Gasteiger partial charge in [-0.2, -0.15) is 0 Å². The fourth-order valence-corrected chi connectivity index (χ4v) is 6.57. The molecule has 8 nitrogen and oxygen atoms in total. The standard InChI is InChI=1S/C24H32N2O6S2/c1-24(2,3)18-5-9-22(10-6-18)34(30,31)25-17-23(27)26-15-13-21(14-16-26)33(28,29)20-11-7-19(32-4)8-12-20/h5-12,21,25H,13-17H2,1-4H3. The number of carbonyl (C=O) groups is 1. The molecule has 186 valence electrons. The highest BCUT2D eigenvalue weighted by Crippen LogP contribution is 2.26. The number of hydrogen-bond acceptors (Lipinski definition) is 6. The molecule has 2 aromatic carbocycles. The van der Waals surface area contributed by atoms with Crippen LogP contribution in [0.25, 0.3) is 0 Å². The third-order valence-corrected chi connectivity index (χ3v) is 9.76. The minimum atomic E-state index is -3.84. The van der Waals surface area contributed by atoms with E-state index in [4.69, 9.17) is 4.74 Å². The molecule has 0 unspecified atom stereocenters. The van der Waals surface area contributed by atoms with E-state index in [1.54, 1.807) is 24.3 Å². The summed E-state index contributed by atoms with van der Waals surface area (Å²) in [4.78, 5) is 14.4. The number of nitrogens with zero attached hydrogens (tertiary/aromatic N) is 1. The predicted octanol–water partition coefficient (Wildman–Crippen LogP) is 2.74. The number of ether oxygens (including phenoxy) is 1. The monoisotopic (exact) mass is 508 g/mol. The number of amides is 1. The van der Waals surface area contributed by atoms with Crippen molar-refractivity contribution in [2.24, 2.45) is 0 Å². The van der Waals surface area contributed by atoms with Gasteiger partial charge in [-0.25, -0.2) is 21.6 Å². The normalized spacial score (nSPS) is 15.8. The Morgan fingerprint density at radius 1 is 0.941 bits per heavy atom. The summed E-state index contributed by atoms with van der Waals surface area (Å²) in [5.74, 6) is 0.196. The Hall–Kier alpha value is -2.43. The Bertz CT molecular complexity index is 1210. The van der Waals surface area contributed by atoms with Crippen LogP contribution in [0.1, 0.15) is 39.2 Å². The number of carbonyl (C=O) groups excluding carboxylic acids is 1. The van der Waals surface area contributed by atoms with Crippen molar-refractivity contribution >= 4 is 25.8 Å². The van der Waals surface area contributed by atoms with Gasteiger partial charge >= 0.3 is 0 Å². The summed E-state index contributed by atoms with van der Waals surface area (Å²) in [6.45, 7) is 6.25. The van der Waals surface area contributed by atoms with E-state index in [0.717, 1.165) is 5.56 Å². The van der Waals surface area contributed by atoms with Gasteiger partial charge in [0.25, 0.3) is 0 Å². The average molecular weight is 509 g/mol. The molecule has 1 fully saturated rings. The minimum absolute atomic E-state index is 0.0950. The summed E-state index contributed by atoms with van der Waals surface area (Å²) in [5.41, 5.74) is 0.911. The first-order valence-corrected chi connectivity index (χ1v) is 14.1. The van der Waals surface area contributed by atoms with Crippen molar-refractivity contribution in [3.05, 3.63) is 54.1 Å². The molecule has 2 aromatic rings. The Labute approximate surface area is 202 Å². The minimum Gasteiger partial charge on any atom is -0.497 e. The van der Waals surface area contributed by atoms with Crippen LogP contribution in [0, 0.1) is 0 Å². The number of benzene rings is 2. The highest BCUT2D eigenvalue weighted by atomic mass is 32.2. The van der Waals surface area contributed by atoms with Gasteiger partial charge in [-0.3, -0.25) is 4.79 Å². The predicted molar refractivity (Wildman–Crippen MR) is 130 cm³/mol. The summed E-state index contributed by atoms with van der Waals surface area (Å²) >= 11 is 0. The number of hydrogen-bond donors (Lipinski definition) is 1. The smallest absolute Gasteiger partial charge is 0.241 e. The lowest BCUT2D eigenvalue weighted by atomic mass is 9.87. The van der Waals surface area contributed by atoms with E-state index >= 15 is 0 Å². The Morgan fingerprint density at radius 3 is 1.97 bits per heavy atom. The molecule has 1 aliphatic heterocycles. The summed E-state index contributed by atoms with van der Waals surface area (Å²) in [6, 6.07) is 12.9. The zero-order valence-electron chi connectivity index (χ0n) is 19.9. The van der Waals surface area contributed by atoms with Crippen molar-refractivity contribution < 1.29 is 26.4 Å². The van der Waals surface area contributed by atoms with Crippen LogP contribution in [-0.2, 0) is 30.1 Å². The Kier molecular flexibility index (Phi) is 7.74. The van der Waals surface area contributed by atoms with Crippen LogP contribution >= 0.6 is 0 Å². The fourth-order valence-electron chi connectivity index (χ4n) is 3.86. The van der Waals surface area contributed by atoms with Crippen LogP contribution in [0.4, 0.5) is 0 Å². The lowest BCUT2D eigenvalue weighted by Crippen LogP contribution is -2.46. The molecule has 1 heterocycles. The van der Waals surface area contributed by atoms with E-state index < -0.39 is 25.1 Å². The molecule has 1 amide bonds. The van der Waals surface area contributed by atoms with Gasteiger partial charge in [0, 0.05) is 13.1 Å². The number of sulfone groups is 1. The molecular formula is C24H32N2O6S2. The average Bonchev–Trinajstić information content (AvgIpc) is 2.82. The maximum Gasteiger partial charge on any atom is 0.241 e. The van der Waals surface area contributed by atoms with E-state index in [1.165, 1.54) is 36.3 Å². The zero-order chi connectivity index (χ0) is 25.1. The van der Waals surface area contributed by atoms with Crippen LogP contribution in [0.15, 0.2) is 58.3 Å². The van der Waals surface area contributed by atoms with Gasteiger partial charge in [-0.05, 0) is 60.2 Å². The summed E-state index contributed by atoms with van der Waals surface area (Å²) in [5, 5.41) is -0.594. The SMILES string of the molecule is COc1ccc(S(=O)(=O)C2CCN(C(=O)CNS(=O)(=O)c3ccc(C(C)(C)C)cc3)CC2)cc1. The van der Waals surface area contributed by atoms with E-state index in [2.05, 4.69) is 4.72 Å². The molecule has 0 saturated carbocycles. The number of methoxy groups -OCH3 is 1.